The lowest BCUT2D eigenvalue weighted by Crippen LogP contribution is -2.18. The van der Waals surface area contributed by atoms with Gasteiger partial charge in [0.1, 0.15) is 19.2 Å². The van der Waals surface area contributed by atoms with Crippen LogP contribution in [0.5, 0.6) is 0 Å². The maximum absolute atomic E-state index is 11.8. The summed E-state index contributed by atoms with van der Waals surface area (Å²) in [5.41, 5.74) is 0.865. The molecule has 0 aliphatic carbocycles. The zero-order chi connectivity index (χ0) is 13.2. The molecular formula is C11H8BrN5OS. The summed E-state index contributed by atoms with van der Waals surface area (Å²) in [5.74, 6) is -0.177. The third kappa shape index (κ3) is 2.79. The highest BCUT2D eigenvalue weighted by molar-refractivity contribution is 9.10. The molecule has 1 amide bonds. The molecular weight excluding hydrogens is 330 g/mol. The average Bonchev–Trinajstić information content (AvgIpc) is 2.97. The van der Waals surface area contributed by atoms with E-state index in [9.17, 15) is 4.79 Å². The van der Waals surface area contributed by atoms with Gasteiger partial charge in [-0.1, -0.05) is 27.3 Å². The number of carbonyl (C=O) groups excluding carboxylic acids is 1. The molecule has 8 heteroatoms. The summed E-state index contributed by atoms with van der Waals surface area (Å²) >= 11 is 4.84. The number of anilines is 1. The van der Waals surface area contributed by atoms with E-state index in [4.69, 9.17) is 0 Å². The molecule has 0 aliphatic rings. The second-order valence-electron chi connectivity index (χ2n) is 3.77. The van der Waals surface area contributed by atoms with Crippen molar-refractivity contribution in [2.75, 3.05) is 5.32 Å². The number of nitrogens with one attached hydrogen (secondary N) is 1. The van der Waals surface area contributed by atoms with Crippen LogP contribution in [0.1, 0.15) is 0 Å². The summed E-state index contributed by atoms with van der Waals surface area (Å²) in [6, 6.07) is 5.80. The second kappa shape index (κ2) is 5.06. The first-order valence-electron chi connectivity index (χ1n) is 5.39. The van der Waals surface area contributed by atoms with Crippen LogP contribution < -0.4 is 5.32 Å². The first-order valence-corrected chi connectivity index (χ1v) is 7.00. The Kier molecular flexibility index (Phi) is 3.26. The number of fused-ring (bicyclic) bond motifs is 1. The topological polar surface area (TPSA) is 72.7 Å². The van der Waals surface area contributed by atoms with Crippen molar-refractivity contribution in [3.05, 3.63) is 35.3 Å². The molecule has 1 N–H and O–H groups in total. The Morgan fingerprint density at radius 2 is 2.37 bits per heavy atom. The first-order chi connectivity index (χ1) is 9.20. The van der Waals surface area contributed by atoms with Gasteiger partial charge in [0.05, 0.1) is 10.2 Å². The Balaban J connectivity index is 1.76. The number of carbonyl (C=O) groups is 1. The number of thiazole rings is 1. The van der Waals surface area contributed by atoms with Crippen LogP contribution in [-0.2, 0) is 11.3 Å². The van der Waals surface area contributed by atoms with E-state index in [1.807, 2.05) is 18.2 Å². The highest BCUT2D eigenvalue weighted by Crippen LogP contribution is 2.28. The summed E-state index contributed by atoms with van der Waals surface area (Å²) < 4.78 is 3.47. The number of rotatable bonds is 3. The lowest BCUT2D eigenvalue weighted by Gasteiger charge is -2.00. The van der Waals surface area contributed by atoms with Gasteiger partial charge in [-0.25, -0.2) is 14.6 Å². The molecule has 1 aromatic carbocycles. The fraction of sp³-hybridized carbons (Fsp3) is 0.0909. The molecule has 0 fully saturated rings. The van der Waals surface area contributed by atoms with E-state index >= 15 is 0 Å². The first kappa shape index (κ1) is 12.2. The van der Waals surface area contributed by atoms with E-state index in [1.165, 1.54) is 28.7 Å². The Morgan fingerprint density at radius 3 is 3.16 bits per heavy atom. The van der Waals surface area contributed by atoms with Crippen molar-refractivity contribution in [3.8, 4) is 0 Å². The molecule has 0 spiro atoms. The molecule has 0 bridgehead atoms. The van der Waals surface area contributed by atoms with Crippen molar-refractivity contribution in [2.24, 2.45) is 0 Å². The van der Waals surface area contributed by atoms with Gasteiger partial charge in [0.15, 0.2) is 5.13 Å². The predicted octanol–water partition coefficient (Wildman–Crippen LogP) is 2.29. The van der Waals surface area contributed by atoms with Gasteiger partial charge in [0.25, 0.3) is 0 Å². The molecule has 2 heterocycles. The predicted molar refractivity (Wildman–Crippen MR) is 76.0 cm³/mol. The van der Waals surface area contributed by atoms with Gasteiger partial charge >= 0.3 is 0 Å². The molecule has 3 aromatic rings. The Labute approximate surface area is 120 Å². The Hall–Kier alpha value is -1.80. The van der Waals surface area contributed by atoms with Crippen LogP contribution in [0, 0.1) is 0 Å². The monoisotopic (exact) mass is 337 g/mol. The van der Waals surface area contributed by atoms with Gasteiger partial charge in [0.2, 0.25) is 5.91 Å². The van der Waals surface area contributed by atoms with Crippen molar-refractivity contribution < 1.29 is 4.79 Å². The fourth-order valence-corrected chi connectivity index (χ4v) is 3.01. The van der Waals surface area contributed by atoms with Crippen LogP contribution in [0.15, 0.2) is 35.3 Å². The van der Waals surface area contributed by atoms with Crippen LogP contribution in [-0.4, -0.2) is 25.7 Å². The average molecular weight is 338 g/mol. The van der Waals surface area contributed by atoms with E-state index in [0.717, 1.165) is 14.7 Å². The van der Waals surface area contributed by atoms with Gasteiger partial charge in [-0.3, -0.25) is 4.79 Å². The third-order valence-corrected chi connectivity index (χ3v) is 3.80. The minimum atomic E-state index is -0.177. The molecule has 0 unspecified atom stereocenters. The second-order valence-corrected chi connectivity index (χ2v) is 5.72. The van der Waals surface area contributed by atoms with Crippen molar-refractivity contribution in [3.63, 3.8) is 0 Å². The highest BCUT2D eigenvalue weighted by Gasteiger charge is 2.08. The molecule has 0 radical (unpaired) electrons. The number of amides is 1. The molecule has 6 nitrogen and oxygen atoms in total. The minimum Gasteiger partial charge on any atom is -0.300 e. The van der Waals surface area contributed by atoms with Gasteiger partial charge in [-0.15, -0.1) is 0 Å². The largest absolute Gasteiger partial charge is 0.300 e. The number of hydrogen-bond donors (Lipinski definition) is 1. The molecule has 0 atom stereocenters. The normalized spacial score (nSPS) is 10.8. The smallest absolute Gasteiger partial charge is 0.247 e. The zero-order valence-corrected chi connectivity index (χ0v) is 12.0. The number of benzene rings is 1. The zero-order valence-electron chi connectivity index (χ0n) is 9.58. The Morgan fingerprint density at radius 1 is 1.47 bits per heavy atom. The molecule has 19 heavy (non-hydrogen) atoms. The van der Waals surface area contributed by atoms with Crippen molar-refractivity contribution in [1.82, 2.24) is 19.7 Å². The standard InChI is InChI=1S/C11H8BrN5OS/c12-7-1-2-8-9(3-7)19-11(15-8)16-10(18)4-17-6-13-5-14-17/h1-3,5-6H,4H2,(H,15,16,18). The van der Waals surface area contributed by atoms with Gasteiger partial charge in [-0.2, -0.15) is 5.10 Å². The van der Waals surface area contributed by atoms with Gasteiger partial charge in [-0.05, 0) is 18.2 Å². The van der Waals surface area contributed by atoms with Crippen LogP contribution >= 0.6 is 27.3 Å². The Bertz CT molecular complexity index is 724. The van der Waals surface area contributed by atoms with Crippen molar-refractivity contribution in [2.45, 2.75) is 6.54 Å². The summed E-state index contributed by atoms with van der Waals surface area (Å²) in [5, 5.41) is 7.21. The summed E-state index contributed by atoms with van der Waals surface area (Å²) in [7, 11) is 0. The quantitative estimate of drug-likeness (QED) is 0.795. The molecule has 0 saturated heterocycles. The minimum absolute atomic E-state index is 0.125. The molecule has 3 rings (SSSR count). The van der Waals surface area contributed by atoms with E-state index in [2.05, 4.69) is 36.3 Å². The van der Waals surface area contributed by atoms with E-state index in [-0.39, 0.29) is 12.5 Å². The maximum atomic E-state index is 11.8. The lowest BCUT2D eigenvalue weighted by molar-refractivity contribution is -0.116. The van der Waals surface area contributed by atoms with Gasteiger partial charge < -0.3 is 5.32 Å². The van der Waals surface area contributed by atoms with Crippen molar-refractivity contribution in [1.29, 1.82) is 0 Å². The summed E-state index contributed by atoms with van der Waals surface area (Å²) in [4.78, 5) is 19.9. The number of aromatic nitrogens is 4. The van der Waals surface area contributed by atoms with Crippen LogP contribution in [0.3, 0.4) is 0 Å². The highest BCUT2D eigenvalue weighted by atomic mass is 79.9. The molecule has 0 aliphatic heterocycles. The summed E-state index contributed by atoms with van der Waals surface area (Å²) in [6.07, 6.45) is 2.89. The van der Waals surface area contributed by atoms with E-state index in [0.29, 0.717) is 5.13 Å². The van der Waals surface area contributed by atoms with Crippen LogP contribution in [0.25, 0.3) is 10.2 Å². The molecule has 2 aromatic heterocycles. The van der Waals surface area contributed by atoms with E-state index < -0.39 is 0 Å². The van der Waals surface area contributed by atoms with Crippen molar-refractivity contribution >= 4 is 48.5 Å². The van der Waals surface area contributed by atoms with Crippen LogP contribution in [0.2, 0.25) is 0 Å². The maximum Gasteiger partial charge on any atom is 0.247 e. The van der Waals surface area contributed by atoms with Gasteiger partial charge in [0, 0.05) is 4.47 Å². The SMILES string of the molecule is O=C(Cn1cncn1)Nc1nc2ccc(Br)cc2s1. The number of hydrogen-bond acceptors (Lipinski definition) is 5. The lowest BCUT2D eigenvalue weighted by atomic mass is 10.3. The number of halogens is 1. The molecule has 0 saturated carbocycles. The third-order valence-electron chi connectivity index (χ3n) is 2.37. The summed E-state index contributed by atoms with van der Waals surface area (Å²) in [6.45, 7) is 0.125. The fourth-order valence-electron chi connectivity index (χ4n) is 1.57. The van der Waals surface area contributed by atoms with E-state index in [1.54, 1.807) is 0 Å². The van der Waals surface area contributed by atoms with Crippen LogP contribution in [0.4, 0.5) is 5.13 Å². The molecule has 96 valence electrons. The number of nitrogens with zero attached hydrogens (tertiary/aromatic N) is 4.